The maximum atomic E-state index is 10.9. The van der Waals surface area contributed by atoms with Crippen molar-refractivity contribution < 1.29 is 19.4 Å². The van der Waals surface area contributed by atoms with Crippen LogP contribution < -0.4 is 14.8 Å². The first-order chi connectivity index (χ1) is 12.8. The molecule has 0 fully saturated rings. The van der Waals surface area contributed by atoms with Crippen LogP contribution in [0.4, 0.5) is 0 Å². The van der Waals surface area contributed by atoms with Crippen LogP contribution in [0, 0.1) is 0 Å². The SMILES string of the molecule is CCOc1cc(CNC(C)C(=O)O)c(Cl)cc1OCc1ccc(Cl)c(Cl)c1. The van der Waals surface area contributed by atoms with E-state index in [9.17, 15) is 4.79 Å². The van der Waals surface area contributed by atoms with Gasteiger partial charge in [-0.25, -0.2) is 0 Å². The molecule has 2 N–H and O–H groups in total. The highest BCUT2D eigenvalue weighted by Gasteiger charge is 2.15. The smallest absolute Gasteiger partial charge is 0.320 e. The second-order valence-corrected chi connectivity index (χ2v) is 7.02. The first-order valence-corrected chi connectivity index (χ1v) is 9.43. The first-order valence-electron chi connectivity index (χ1n) is 8.30. The highest BCUT2D eigenvalue weighted by Crippen LogP contribution is 2.34. The Bertz CT molecular complexity index is 814. The molecule has 0 aromatic heterocycles. The fourth-order valence-corrected chi connectivity index (χ4v) is 2.78. The second-order valence-electron chi connectivity index (χ2n) is 5.80. The van der Waals surface area contributed by atoms with E-state index in [4.69, 9.17) is 49.4 Å². The van der Waals surface area contributed by atoms with E-state index in [0.29, 0.717) is 39.7 Å². The van der Waals surface area contributed by atoms with Gasteiger partial charge in [0.25, 0.3) is 0 Å². The van der Waals surface area contributed by atoms with Crippen molar-refractivity contribution in [1.29, 1.82) is 0 Å². The Labute approximate surface area is 173 Å². The summed E-state index contributed by atoms with van der Waals surface area (Å²) in [5.74, 6) is 0.0856. The molecular formula is C19H20Cl3NO4. The number of halogens is 3. The topological polar surface area (TPSA) is 67.8 Å². The zero-order valence-electron chi connectivity index (χ0n) is 14.9. The molecule has 0 aliphatic rings. The molecule has 0 saturated carbocycles. The molecule has 0 radical (unpaired) electrons. The van der Waals surface area contributed by atoms with Gasteiger partial charge >= 0.3 is 5.97 Å². The van der Waals surface area contributed by atoms with Crippen LogP contribution in [0.3, 0.4) is 0 Å². The van der Waals surface area contributed by atoms with Gasteiger partial charge in [-0.2, -0.15) is 0 Å². The van der Waals surface area contributed by atoms with Crippen LogP contribution in [0.15, 0.2) is 30.3 Å². The van der Waals surface area contributed by atoms with Crippen molar-refractivity contribution in [2.24, 2.45) is 0 Å². The highest BCUT2D eigenvalue weighted by atomic mass is 35.5. The Morgan fingerprint density at radius 2 is 1.78 bits per heavy atom. The van der Waals surface area contributed by atoms with Crippen molar-refractivity contribution in [3.63, 3.8) is 0 Å². The van der Waals surface area contributed by atoms with Crippen LogP contribution >= 0.6 is 34.8 Å². The number of hydrogen-bond donors (Lipinski definition) is 2. The molecule has 1 atom stereocenters. The molecule has 146 valence electrons. The number of aliphatic carboxylic acids is 1. The van der Waals surface area contributed by atoms with Crippen LogP contribution in [0.1, 0.15) is 25.0 Å². The maximum absolute atomic E-state index is 10.9. The number of carbonyl (C=O) groups is 1. The number of carboxylic acids is 1. The Morgan fingerprint density at radius 1 is 1.07 bits per heavy atom. The van der Waals surface area contributed by atoms with Gasteiger partial charge in [-0.05, 0) is 43.2 Å². The molecule has 5 nitrogen and oxygen atoms in total. The highest BCUT2D eigenvalue weighted by molar-refractivity contribution is 6.42. The lowest BCUT2D eigenvalue weighted by molar-refractivity contribution is -0.139. The van der Waals surface area contributed by atoms with Crippen molar-refractivity contribution >= 4 is 40.8 Å². The fraction of sp³-hybridized carbons (Fsp3) is 0.316. The van der Waals surface area contributed by atoms with Crippen molar-refractivity contribution in [3.8, 4) is 11.5 Å². The van der Waals surface area contributed by atoms with Crippen LogP contribution in [0.5, 0.6) is 11.5 Å². The number of hydrogen-bond acceptors (Lipinski definition) is 4. The Kier molecular flexibility index (Phi) is 8.05. The van der Waals surface area contributed by atoms with E-state index >= 15 is 0 Å². The van der Waals surface area contributed by atoms with E-state index in [1.165, 1.54) is 0 Å². The van der Waals surface area contributed by atoms with Gasteiger partial charge in [-0.3, -0.25) is 4.79 Å². The van der Waals surface area contributed by atoms with E-state index < -0.39 is 12.0 Å². The number of benzene rings is 2. The molecule has 0 amide bonds. The van der Waals surface area contributed by atoms with Crippen molar-refractivity contribution in [1.82, 2.24) is 5.32 Å². The molecule has 2 aromatic rings. The summed E-state index contributed by atoms with van der Waals surface area (Å²) in [5, 5.41) is 13.2. The molecule has 1 unspecified atom stereocenters. The Hall–Kier alpha value is -1.66. The minimum atomic E-state index is -0.933. The molecule has 0 saturated heterocycles. The third kappa shape index (κ3) is 6.18. The summed E-state index contributed by atoms with van der Waals surface area (Å²) in [6.07, 6.45) is 0. The molecule has 27 heavy (non-hydrogen) atoms. The van der Waals surface area contributed by atoms with Crippen LogP contribution in [-0.2, 0) is 17.9 Å². The molecule has 0 heterocycles. The lowest BCUT2D eigenvalue weighted by Crippen LogP contribution is -2.33. The van der Waals surface area contributed by atoms with E-state index in [1.54, 1.807) is 31.2 Å². The predicted octanol–water partition coefficient (Wildman–Crippen LogP) is 5.19. The minimum absolute atomic E-state index is 0.265. The van der Waals surface area contributed by atoms with Crippen molar-refractivity contribution in [2.45, 2.75) is 33.0 Å². The number of nitrogens with one attached hydrogen (secondary N) is 1. The predicted molar refractivity (Wildman–Crippen MR) is 107 cm³/mol. The van der Waals surface area contributed by atoms with Crippen molar-refractivity contribution in [2.75, 3.05) is 6.61 Å². The average molecular weight is 433 g/mol. The number of rotatable bonds is 9. The minimum Gasteiger partial charge on any atom is -0.490 e. The van der Waals surface area contributed by atoms with E-state index in [0.717, 1.165) is 11.1 Å². The Balaban J connectivity index is 2.16. The standard InChI is InChI=1S/C19H20Cl3NO4/c1-3-26-17-7-13(9-23-11(2)19(24)25)15(21)8-18(17)27-10-12-4-5-14(20)16(22)6-12/h4-8,11,23H,3,9-10H2,1-2H3,(H,24,25). The summed E-state index contributed by atoms with van der Waals surface area (Å²) in [6, 6.07) is 7.97. The molecule has 0 bridgehead atoms. The normalized spacial score (nSPS) is 11.9. The molecule has 2 aromatic carbocycles. The number of carboxylic acid groups (broad SMARTS) is 1. The largest absolute Gasteiger partial charge is 0.490 e. The quantitative estimate of drug-likeness (QED) is 0.571. The van der Waals surface area contributed by atoms with E-state index in [2.05, 4.69) is 5.32 Å². The first kappa shape index (κ1) is 21.6. The third-order valence-electron chi connectivity index (χ3n) is 3.76. The van der Waals surface area contributed by atoms with Gasteiger partial charge in [0.15, 0.2) is 11.5 Å². The summed E-state index contributed by atoms with van der Waals surface area (Å²) >= 11 is 18.3. The molecule has 0 aliphatic carbocycles. The van der Waals surface area contributed by atoms with Gasteiger partial charge in [0.1, 0.15) is 12.6 Å². The molecular weight excluding hydrogens is 413 g/mol. The van der Waals surface area contributed by atoms with Crippen LogP contribution in [0.2, 0.25) is 15.1 Å². The van der Waals surface area contributed by atoms with E-state index in [-0.39, 0.29) is 6.61 Å². The van der Waals surface area contributed by atoms with Crippen molar-refractivity contribution in [3.05, 3.63) is 56.5 Å². The zero-order valence-corrected chi connectivity index (χ0v) is 17.2. The van der Waals surface area contributed by atoms with Gasteiger partial charge in [-0.15, -0.1) is 0 Å². The zero-order chi connectivity index (χ0) is 20.0. The lowest BCUT2D eigenvalue weighted by atomic mass is 10.1. The molecule has 8 heteroatoms. The third-order valence-corrected chi connectivity index (χ3v) is 4.85. The average Bonchev–Trinajstić information content (AvgIpc) is 2.63. The van der Waals surface area contributed by atoms with E-state index in [1.807, 2.05) is 13.0 Å². The number of ether oxygens (including phenoxy) is 2. The molecule has 0 spiro atoms. The molecule has 2 rings (SSSR count). The van der Waals surface area contributed by atoms with Gasteiger partial charge in [0, 0.05) is 17.6 Å². The Morgan fingerprint density at radius 3 is 2.41 bits per heavy atom. The summed E-state index contributed by atoms with van der Waals surface area (Å²) in [5.41, 5.74) is 1.57. The van der Waals surface area contributed by atoms with Crippen LogP contribution in [-0.4, -0.2) is 23.7 Å². The molecule has 0 aliphatic heterocycles. The summed E-state index contributed by atoms with van der Waals surface area (Å²) in [7, 11) is 0. The maximum Gasteiger partial charge on any atom is 0.320 e. The summed E-state index contributed by atoms with van der Waals surface area (Å²) < 4.78 is 11.5. The van der Waals surface area contributed by atoms with Gasteiger partial charge in [-0.1, -0.05) is 40.9 Å². The monoisotopic (exact) mass is 431 g/mol. The second kappa shape index (κ2) is 10.0. The summed E-state index contributed by atoms with van der Waals surface area (Å²) in [6.45, 7) is 4.43. The van der Waals surface area contributed by atoms with Crippen LogP contribution in [0.25, 0.3) is 0 Å². The fourth-order valence-electron chi connectivity index (χ4n) is 2.23. The van der Waals surface area contributed by atoms with Gasteiger partial charge < -0.3 is 19.9 Å². The lowest BCUT2D eigenvalue weighted by Gasteiger charge is -2.16. The van der Waals surface area contributed by atoms with Gasteiger partial charge in [0.05, 0.1) is 16.7 Å². The van der Waals surface area contributed by atoms with Gasteiger partial charge in [0.2, 0.25) is 0 Å². The summed E-state index contributed by atoms with van der Waals surface area (Å²) in [4.78, 5) is 10.9.